The monoisotopic (exact) mass is 205 g/mol. The second-order valence-corrected chi connectivity index (χ2v) is 4.48. The van der Waals surface area contributed by atoms with Crippen LogP contribution in [0.1, 0.15) is 32.6 Å². The van der Waals surface area contributed by atoms with Crippen LogP contribution >= 0.6 is 0 Å². The van der Waals surface area contributed by atoms with E-state index in [1.807, 2.05) is 18.3 Å². The molecule has 0 aliphatic heterocycles. The molecule has 15 heavy (non-hydrogen) atoms. The molecular weight excluding hydrogens is 186 g/mol. The molecule has 0 bridgehead atoms. The lowest BCUT2D eigenvalue weighted by molar-refractivity contribution is 0.349. The molecule has 2 atom stereocenters. The molecule has 2 unspecified atom stereocenters. The molecule has 0 spiro atoms. The molecule has 1 heterocycles. The summed E-state index contributed by atoms with van der Waals surface area (Å²) < 4.78 is 0. The van der Waals surface area contributed by atoms with Crippen molar-refractivity contribution in [2.75, 3.05) is 11.1 Å². The normalized spacial score (nSPS) is 26.2. The summed E-state index contributed by atoms with van der Waals surface area (Å²) in [7, 11) is 0. The van der Waals surface area contributed by atoms with Crippen LogP contribution in [0.4, 0.5) is 11.5 Å². The van der Waals surface area contributed by atoms with Gasteiger partial charge in [0.15, 0.2) is 0 Å². The van der Waals surface area contributed by atoms with E-state index in [9.17, 15) is 0 Å². The van der Waals surface area contributed by atoms with Gasteiger partial charge < -0.3 is 11.1 Å². The molecule has 3 nitrogen and oxygen atoms in total. The predicted molar refractivity (Wildman–Crippen MR) is 63.7 cm³/mol. The number of nitrogens with one attached hydrogen (secondary N) is 1. The molecule has 0 saturated heterocycles. The molecule has 3 N–H and O–H groups in total. The number of anilines is 2. The van der Waals surface area contributed by atoms with E-state index >= 15 is 0 Å². The third-order valence-corrected chi connectivity index (χ3v) is 3.25. The molecule has 0 amide bonds. The maximum absolute atomic E-state index is 5.55. The smallest absolute Gasteiger partial charge is 0.123 e. The van der Waals surface area contributed by atoms with Crippen LogP contribution in [0.5, 0.6) is 0 Å². The van der Waals surface area contributed by atoms with Crippen molar-refractivity contribution in [1.82, 2.24) is 4.98 Å². The molecule has 1 saturated carbocycles. The molecule has 1 aliphatic carbocycles. The van der Waals surface area contributed by atoms with Gasteiger partial charge in [0.05, 0.1) is 11.9 Å². The number of nitrogens with zero attached hydrogens (tertiary/aromatic N) is 1. The van der Waals surface area contributed by atoms with Crippen molar-refractivity contribution in [3.05, 3.63) is 18.3 Å². The third kappa shape index (κ3) is 2.61. The van der Waals surface area contributed by atoms with Gasteiger partial charge in [-0.3, -0.25) is 0 Å². The first-order valence-corrected chi connectivity index (χ1v) is 5.74. The van der Waals surface area contributed by atoms with Crippen molar-refractivity contribution in [1.29, 1.82) is 0 Å². The Morgan fingerprint density at radius 1 is 1.33 bits per heavy atom. The molecule has 1 aromatic heterocycles. The molecule has 82 valence electrons. The minimum absolute atomic E-state index is 0.581. The van der Waals surface area contributed by atoms with Crippen molar-refractivity contribution < 1.29 is 0 Å². The highest BCUT2D eigenvalue weighted by atomic mass is 14.9. The van der Waals surface area contributed by atoms with Gasteiger partial charge in [0.1, 0.15) is 5.82 Å². The van der Waals surface area contributed by atoms with Gasteiger partial charge in [-0.15, -0.1) is 0 Å². The minimum atomic E-state index is 0.581. The number of nitrogens with two attached hydrogens (primary N) is 1. The van der Waals surface area contributed by atoms with E-state index in [1.165, 1.54) is 25.7 Å². The lowest BCUT2D eigenvalue weighted by Gasteiger charge is -2.30. The summed E-state index contributed by atoms with van der Waals surface area (Å²) in [5.41, 5.74) is 6.63. The van der Waals surface area contributed by atoms with Gasteiger partial charge in [-0.05, 0) is 30.9 Å². The average molecular weight is 205 g/mol. The van der Waals surface area contributed by atoms with Crippen molar-refractivity contribution in [3.8, 4) is 0 Å². The highest BCUT2D eigenvalue weighted by Gasteiger charge is 2.20. The van der Waals surface area contributed by atoms with E-state index in [2.05, 4.69) is 17.2 Å². The summed E-state index contributed by atoms with van der Waals surface area (Å²) in [6, 6.07) is 4.45. The van der Waals surface area contributed by atoms with E-state index in [0.29, 0.717) is 11.9 Å². The van der Waals surface area contributed by atoms with Crippen LogP contribution in [0.25, 0.3) is 0 Å². The number of pyridine rings is 1. The Labute approximate surface area is 91.1 Å². The zero-order valence-corrected chi connectivity index (χ0v) is 9.24. The Bertz CT molecular complexity index is 307. The quantitative estimate of drug-likeness (QED) is 0.780. The highest BCUT2D eigenvalue weighted by Crippen LogP contribution is 2.26. The van der Waals surface area contributed by atoms with Crippen LogP contribution in [0.2, 0.25) is 0 Å². The van der Waals surface area contributed by atoms with Crippen LogP contribution in [-0.2, 0) is 0 Å². The van der Waals surface area contributed by atoms with E-state index in [0.717, 1.165) is 11.6 Å². The number of hydrogen-bond donors (Lipinski definition) is 2. The zero-order chi connectivity index (χ0) is 10.7. The first-order chi connectivity index (χ1) is 7.25. The highest BCUT2D eigenvalue weighted by molar-refractivity contribution is 5.46. The molecule has 0 aromatic carbocycles. The number of aromatic nitrogens is 1. The third-order valence-electron chi connectivity index (χ3n) is 3.25. The van der Waals surface area contributed by atoms with E-state index < -0.39 is 0 Å². The van der Waals surface area contributed by atoms with E-state index in [4.69, 9.17) is 5.73 Å². The van der Waals surface area contributed by atoms with Gasteiger partial charge in [-0.2, -0.15) is 0 Å². The topological polar surface area (TPSA) is 50.9 Å². The average Bonchev–Trinajstić information content (AvgIpc) is 2.25. The molecule has 0 radical (unpaired) electrons. The predicted octanol–water partition coefficient (Wildman–Crippen LogP) is 2.65. The first kappa shape index (κ1) is 10.3. The molecule has 1 aliphatic rings. The van der Waals surface area contributed by atoms with Gasteiger partial charge in [0, 0.05) is 6.04 Å². The Balaban J connectivity index is 1.98. The second kappa shape index (κ2) is 4.51. The summed E-state index contributed by atoms with van der Waals surface area (Å²) in [6.45, 7) is 2.32. The first-order valence-electron chi connectivity index (χ1n) is 5.74. The maximum atomic E-state index is 5.55. The maximum Gasteiger partial charge on any atom is 0.123 e. The van der Waals surface area contributed by atoms with Gasteiger partial charge in [-0.1, -0.05) is 19.8 Å². The van der Waals surface area contributed by atoms with Crippen LogP contribution < -0.4 is 11.1 Å². The lowest BCUT2D eigenvalue weighted by Crippen LogP contribution is -2.30. The second-order valence-electron chi connectivity index (χ2n) is 4.48. The number of hydrogen-bond acceptors (Lipinski definition) is 3. The van der Waals surface area contributed by atoms with Gasteiger partial charge in [-0.25, -0.2) is 4.98 Å². The van der Waals surface area contributed by atoms with Crippen molar-refractivity contribution >= 4 is 11.5 Å². The summed E-state index contributed by atoms with van der Waals surface area (Å²) in [6.07, 6.45) is 7.13. The SMILES string of the molecule is CC1CCCCC1Nc1ccc(N)nc1. The largest absolute Gasteiger partial charge is 0.384 e. The standard InChI is InChI=1S/C12H19N3/c1-9-4-2-3-5-11(9)15-10-6-7-12(13)14-8-10/h6-9,11,15H,2-5H2,1H3,(H2,13,14). The minimum Gasteiger partial charge on any atom is -0.384 e. The van der Waals surface area contributed by atoms with Crippen molar-refractivity contribution in [2.24, 2.45) is 5.92 Å². The van der Waals surface area contributed by atoms with Gasteiger partial charge in [0.2, 0.25) is 0 Å². The lowest BCUT2D eigenvalue weighted by atomic mass is 9.86. The van der Waals surface area contributed by atoms with E-state index in [-0.39, 0.29) is 0 Å². The summed E-state index contributed by atoms with van der Waals surface area (Å²) in [4.78, 5) is 4.08. The number of rotatable bonds is 2. The van der Waals surface area contributed by atoms with Crippen molar-refractivity contribution in [3.63, 3.8) is 0 Å². The van der Waals surface area contributed by atoms with Gasteiger partial charge in [0.25, 0.3) is 0 Å². The Morgan fingerprint density at radius 2 is 2.13 bits per heavy atom. The van der Waals surface area contributed by atoms with Gasteiger partial charge >= 0.3 is 0 Å². The molecule has 3 heteroatoms. The van der Waals surface area contributed by atoms with Crippen molar-refractivity contribution in [2.45, 2.75) is 38.6 Å². The number of nitrogen functional groups attached to an aromatic ring is 1. The Kier molecular flexibility index (Phi) is 3.09. The fourth-order valence-electron chi connectivity index (χ4n) is 2.24. The Hall–Kier alpha value is -1.25. The van der Waals surface area contributed by atoms with Crippen LogP contribution in [0.3, 0.4) is 0 Å². The Morgan fingerprint density at radius 3 is 2.80 bits per heavy atom. The summed E-state index contributed by atoms with van der Waals surface area (Å²) in [5, 5.41) is 3.54. The fraction of sp³-hybridized carbons (Fsp3) is 0.583. The fourth-order valence-corrected chi connectivity index (χ4v) is 2.24. The molecule has 1 fully saturated rings. The zero-order valence-electron chi connectivity index (χ0n) is 9.24. The van der Waals surface area contributed by atoms with Crippen LogP contribution in [0, 0.1) is 5.92 Å². The van der Waals surface area contributed by atoms with Crippen LogP contribution in [-0.4, -0.2) is 11.0 Å². The molecule has 1 aromatic rings. The van der Waals surface area contributed by atoms with Crippen LogP contribution in [0.15, 0.2) is 18.3 Å². The molecule has 2 rings (SSSR count). The summed E-state index contributed by atoms with van der Waals surface area (Å²) >= 11 is 0. The van der Waals surface area contributed by atoms with E-state index in [1.54, 1.807) is 0 Å². The summed E-state index contributed by atoms with van der Waals surface area (Å²) in [5.74, 6) is 1.34. The molecular formula is C12H19N3.